The topological polar surface area (TPSA) is 61.5 Å². The van der Waals surface area contributed by atoms with Crippen molar-refractivity contribution in [2.75, 3.05) is 20.8 Å². The Hall–Kier alpha value is -1.55. The summed E-state index contributed by atoms with van der Waals surface area (Å²) in [4.78, 5) is 11.2. The zero-order valence-electron chi connectivity index (χ0n) is 9.60. The Morgan fingerprint density at radius 3 is 2.38 bits per heavy atom. The molecule has 16 heavy (non-hydrogen) atoms. The largest absolute Gasteiger partial charge is 0.497 e. The van der Waals surface area contributed by atoms with Crippen LogP contribution in [0.4, 0.5) is 0 Å². The van der Waals surface area contributed by atoms with Gasteiger partial charge in [0.05, 0.1) is 20.6 Å². The first-order chi connectivity index (χ1) is 7.71. The van der Waals surface area contributed by atoms with Crippen molar-refractivity contribution in [2.45, 2.75) is 12.3 Å². The van der Waals surface area contributed by atoms with E-state index in [4.69, 9.17) is 10.5 Å². The zero-order valence-corrected chi connectivity index (χ0v) is 9.60. The first kappa shape index (κ1) is 12.5. The lowest BCUT2D eigenvalue weighted by Gasteiger charge is -2.14. The van der Waals surface area contributed by atoms with Crippen LogP contribution < -0.4 is 10.5 Å². The summed E-state index contributed by atoms with van der Waals surface area (Å²) in [7, 11) is 2.99. The minimum Gasteiger partial charge on any atom is -0.497 e. The smallest absolute Gasteiger partial charge is 0.306 e. The van der Waals surface area contributed by atoms with Crippen LogP contribution in [0.3, 0.4) is 0 Å². The number of hydrogen-bond acceptors (Lipinski definition) is 4. The number of esters is 1. The van der Waals surface area contributed by atoms with E-state index in [0.29, 0.717) is 13.0 Å². The molecule has 0 spiro atoms. The third-order valence-electron chi connectivity index (χ3n) is 2.51. The second-order valence-corrected chi connectivity index (χ2v) is 3.49. The molecule has 4 heteroatoms. The van der Waals surface area contributed by atoms with Gasteiger partial charge in [-0.1, -0.05) is 12.1 Å². The van der Waals surface area contributed by atoms with Crippen LogP contribution in [-0.4, -0.2) is 26.7 Å². The van der Waals surface area contributed by atoms with Gasteiger partial charge in [-0.25, -0.2) is 0 Å². The molecular formula is C12H17NO3. The Bertz CT molecular complexity index is 335. The summed E-state index contributed by atoms with van der Waals surface area (Å²) in [6.07, 6.45) is 0.305. The molecular weight excluding hydrogens is 206 g/mol. The van der Waals surface area contributed by atoms with Gasteiger partial charge in [-0.05, 0) is 24.2 Å². The highest BCUT2D eigenvalue weighted by molar-refractivity contribution is 5.70. The SMILES string of the molecule is COC(=O)CC(CN)c1ccc(OC)cc1. The number of nitrogens with two attached hydrogens (primary N) is 1. The van der Waals surface area contributed by atoms with Gasteiger partial charge in [0.2, 0.25) is 0 Å². The first-order valence-corrected chi connectivity index (χ1v) is 5.12. The van der Waals surface area contributed by atoms with E-state index < -0.39 is 0 Å². The number of methoxy groups -OCH3 is 2. The maximum Gasteiger partial charge on any atom is 0.306 e. The molecule has 4 nitrogen and oxygen atoms in total. The Morgan fingerprint density at radius 1 is 1.31 bits per heavy atom. The molecule has 0 saturated carbocycles. The Balaban J connectivity index is 2.74. The first-order valence-electron chi connectivity index (χ1n) is 5.12. The van der Waals surface area contributed by atoms with Gasteiger partial charge in [-0.3, -0.25) is 4.79 Å². The Kier molecular flexibility index (Phi) is 4.79. The van der Waals surface area contributed by atoms with Crippen LogP contribution in [0.1, 0.15) is 17.9 Å². The van der Waals surface area contributed by atoms with E-state index >= 15 is 0 Å². The number of hydrogen-bond donors (Lipinski definition) is 1. The van der Waals surface area contributed by atoms with E-state index in [1.54, 1.807) is 7.11 Å². The molecule has 0 aliphatic rings. The lowest BCUT2D eigenvalue weighted by Crippen LogP contribution is -2.17. The van der Waals surface area contributed by atoms with Gasteiger partial charge in [0.15, 0.2) is 0 Å². The second-order valence-electron chi connectivity index (χ2n) is 3.49. The second kappa shape index (κ2) is 6.12. The highest BCUT2D eigenvalue weighted by Gasteiger charge is 2.14. The highest BCUT2D eigenvalue weighted by atomic mass is 16.5. The number of carbonyl (C=O) groups excluding carboxylic acids is 1. The minimum absolute atomic E-state index is 0.00152. The quantitative estimate of drug-likeness (QED) is 0.764. The summed E-state index contributed by atoms with van der Waals surface area (Å²) in [6, 6.07) is 7.54. The van der Waals surface area contributed by atoms with Crippen LogP contribution in [-0.2, 0) is 9.53 Å². The third kappa shape index (κ3) is 3.24. The molecule has 0 aliphatic heterocycles. The number of carbonyl (C=O) groups is 1. The fourth-order valence-electron chi connectivity index (χ4n) is 1.50. The van der Waals surface area contributed by atoms with Gasteiger partial charge in [0, 0.05) is 5.92 Å². The van der Waals surface area contributed by atoms with Crippen molar-refractivity contribution >= 4 is 5.97 Å². The monoisotopic (exact) mass is 223 g/mol. The molecule has 0 heterocycles. The van der Waals surface area contributed by atoms with Gasteiger partial charge in [0.1, 0.15) is 5.75 Å². The molecule has 0 saturated heterocycles. The summed E-state index contributed by atoms with van der Waals surface area (Å²) in [5, 5.41) is 0. The standard InChI is InChI=1S/C12H17NO3/c1-15-11-5-3-9(4-6-11)10(8-13)7-12(14)16-2/h3-6,10H,7-8,13H2,1-2H3. The maximum absolute atomic E-state index is 11.2. The van der Waals surface area contributed by atoms with E-state index in [1.807, 2.05) is 24.3 Å². The number of benzene rings is 1. The fraction of sp³-hybridized carbons (Fsp3) is 0.417. The molecule has 1 unspecified atom stereocenters. The summed E-state index contributed by atoms with van der Waals surface area (Å²) < 4.78 is 9.69. The number of ether oxygens (including phenoxy) is 2. The van der Waals surface area contributed by atoms with Crippen LogP contribution >= 0.6 is 0 Å². The van der Waals surface area contributed by atoms with Crippen molar-refractivity contribution in [1.82, 2.24) is 0 Å². The van der Waals surface area contributed by atoms with Gasteiger partial charge >= 0.3 is 5.97 Å². The van der Waals surface area contributed by atoms with Crippen molar-refractivity contribution in [2.24, 2.45) is 5.73 Å². The summed E-state index contributed by atoms with van der Waals surface area (Å²) in [5.74, 6) is 0.544. The van der Waals surface area contributed by atoms with Gasteiger partial charge in [-0.2, -0.15) is 0 Å². The van der Waals surface area contributed by atoms with Gasteiger partial charge < -0.3 is 15.2 Å². The van der Waals surface area contributed by atoms with Crippen molar-refractivity contribution in [3.63, 3.8) is 0 Å². The molecule has 0 amide bonds. The molecule has 0 aliphatic carbocycles. The average molecular weight is 223 g/mol. The summed E-state index contributed by atoms with van der Waals surface area (Å²) in [5.41, 5.74) is 6.66. The van der Waals surface area contributed by atoms with Crippen molar-refractivity contribution < 1.29 is 14.3 Å². The fourth-order valence-corrected chi connectivity index (χ4v) is 1.50. The molecule has 1 aromatic carbocycles. The maximum atomic E-state index is 11.2. The van der Waals surface area contributed by atoms with Crippen LogP contribution in [0.15, 0.2) is 24.3 Å². The predicted molar refractivity (Wildman–Crippen MR) is 61.4 cm³/mol. The highest BCUT2D eigenvalue weighted by Crippen LogP contribution is 2.21. The Morgan fingerprint density at radius 2 is 1.94 bits per heavy atom. The van der Waals surface area contributed by atoms with E-state index in [-0.39, 0.29) is 11.9 Å². The molecule has 2 N–H and O–H groups in total. The molecule has 0 bridgehead atoms. The molecule has 1 rings (SSSR count). The van der Waals surface area contributed by atoms with E-state index in [2.05, 4.69) is 4.74 Å². The normalized spacial score (nSPS) is 11.9. The van der Waals surface area contributed by atoms with E-state index in [9.17, 15) is 4.79 Å². The van der Waals surface area contributed by atoms with Crippen molar-refractivity contribution in [1.29, 1.82) is 0 Å². The Labute approximate surface area is 95.3 Å². The summed E-state index contributed by atoms with van der Waals surface area (Å²) >= 11 is 0. The summed E-state index contributed by atoms with van der Waals surface area (Å²) in [6.45, 7) is 0.418. The molecule has 1 aromatic rings. The van der Waals surface area contributed by atoms with Crippen LogP contribution in [0.5, 0.6) is 5.75 Å². The molecule has 0 radical (unpaired) electrons. The van der Waals surface area contributed by atoms with Crippen LogP contribution in [0.25, 0.3) is 0 Å². The predicted octanol–water partition coefficient (Wildman–Crippen LogP) is 1.30. The molecule has 0 aromatic heterocycles. The van der Waals surface area contributed by atoms with E-state index in [0.717, 1.165) is 11.3 Å². The molecule has 88 valence electrons. The minimum atomic E-state index is -0.244. The van der Waals surface area contributed by atoms with Gasteiger partial charge in [0.25, 0.3) is 0 Å². The van der Waals surface area contributed by atoms with E-state index in [1.165, 1.54) is 7.11 Å². The van der Waals surface area contributed by atoms with Crippen LogP contribution in [0.2, 0.25) is 0 Å². The molecule has 1 atom stereocenters. The lowest BCUT2D eigenvalue weighted by molar-refractivity contribution is -0.141. The van der Waals surface area contributed by atoms with Gasteiger partial charge in [-0.15, -0.1) is 0 Å². The average Bonchev–Trinajstić information content (AvgIpc) is 2.35. The number of rotatable bonds is 5. The van der Waals surface area contributed by atoms with Crippen molar-refractivity contribution in [3.8, 4) is 5.75 Å². The van der Waals surface area contributed by atoms with Crippen molar-refractivity contribution in [3.05, 3.63) is 29.8 Å². The lowest BCUT2D eigenvalue weighted by atomic mass is 9.96. The molecule has 0 fully saturated rings. The van der Waals surface area contributed by atoms with Crippen LogP contribution in [0, 0.1) is 0 Å². The zero-order chi connectivity index (χ0) is 12.0. The third-order valence-corrected chi connectivity index (χ3v) is 2.51.